The Hall–Kier alpha value is -1.69. The average molecular weight is 377 g/mol. The lowest BCUT2D eigenvalue weighted by Crippen LogP contribution is -2.51. The van der Waals surface area contributed by atoms with Gasteiger partial charge in [0.1, 0.15) is 0 Å². The van der Waals surface area contributed by atoms with E-state index < -0.39 is 0 Å². The highest BCUT2D eigenvalue weighted by molar-refractivity contribution is 9.10. The molecule has 23 heavy (non-hydrogen) atoms. The van der Waals surface area contributed by atoms with Crippen molar-refractivity contribution in [2.75, 3.05) is 31.1 Å². The van der Waals surface area contributed by atoms with Crippen molar-refractivity contribution >= 4 is 38.7 Å². The van der Waals surface area contributed by atoms with Crippen LogP contribution in [0.25, 0.3) is 11.0 Å². The number of nitrogens with zero attached hydrogens (tertiary/aromatic N) is 4. The quantitative estimate of drug-likeness (QED) is 0.772. The lowest BCUT2D eigenvalue weighted by molar-refractivity contribution is -0.130. The normalized spacial score (nSPS) is 16.7. The molecular weight excluding hydrogens is 356 g/mol. The molecule has 1 aliphatic heterocycles. The largest absolute Gasteiger partial charge is 0.352 e. The fraction of sp³-hybridized carbons (Fsp3) is 0.471. The first-order chi connectivity index (χ1) is 11.1. The third kappa shape index (κ3) is 3.32. The topological polar surface area (TPSA) is 49.3 Å². The van der Waals surface area contributed by atoms with E-state index in [4.69, 9.17) is 4.98 Å². The number of aromatic nitrogens is 2. The van der Waals surface area contributed by atoms with Gasteiger partial charge in [0.15, 0.2) is 5.82 Å². The van der Waals surface area contributed by atoms with Crippen LogP contribution in [0.1, 0.15) is 19.0 Å². The summed E-state index contributed by atoms with van der Waals surface area (Å²) in [5.74, 6) is 1.12. The van der Waals surface area contributed by atoms with Crippen molar-refractivity contribution in [3.63, 3.8) is 0 Å². The summed E-state index contributed by atoms with van der Waals surface area (Å²) in [6.45, 7) is 7.06. The minimum atomic E-state index is -0.0729. The van der Waals surface area contributed by atoms with Crippen LogP contribution in [0.2, 0.25) is 0 Å². The van der Waals surface area contributed by atoms with Crippen LogP contribution < -0.4 is 4.90 Å². The van der Waals surface area contributed by atoms with E-state index in [1.165, 1.54) is 0 Å². The molecule has 1 aromatic heterocycles. The van der Waals surface area contributed by atoms with E-state index >= 15 is 0 Å². The number of rotatable bonds is 3. The molecule has 2 aromatic rings. The van der Waals surface area contributed by atoms with Crippen molar-refractivity contribution in [1.29, 1.82) is 0 Å². The van der Waals surface area contributed by atoms with Crippen LogP contribution in [0.3, 0.4) is 0 Å². The van der Waals surface area contributed by atoms with E-state index in [0.717, 1.165) is 55.1 Å². The number of aryl methyl sites for hydroxylation is 1. The molecule has 3 rings (SSSR count). The number of halogens is 1. The monoisotopic (exact) mass is 376 g/mol. The summed E-state index contributed by atoms with van der Waals surface area (Å²) in [6, 6.07) is 7.93. The van der Waals surface area contributed by atoms with Gasteiger partial charge in [0.25, 0.3) is 0 Å². The molecule has 0 spiro atoms. The minimum absolute atomic E-state index is 0.0729. The molecule has 0 bridgehead atoms. The van der Waals surface area contributed by atoms with Gasteiger partial charge in [-0.2, -0.15) is 0 Å². The first-order valence-corrected chi connectivity index (χ1v) is 8.93. The van der Waals surface area contributed by atoms with Crippen molar-refractivity contribution in [2.24, 2.45) is 0 Å². The van der Waals surface area contributed by atoms with Gasteiger partial charge < -0.3 is 9.80 Å². The summed E-state index contributed by atoms with van der Waals surface area (Å²) in [7, 11) is 0. The van der Waals surface area contributed by atoms with E-state index in [2.05, 4.69) is 25.8 Å². The van der Waals surface area contributed by atoms with Gasteiger partial charge in [0.05, 0.1) is 21.6 Å². The van der Waals surface area contributed by atoms with Crippen LogP contribution in [0.4, 0.5) is 5.82 Å². The number of anilines is 1. The number of hydrogen-bond acceptors (Lipinski definition) is 4. The van der Waals surface area contributed by atoms with Gasteiger partial charge in [-0.3, -0.25) is 4.79 Å². The Morgan fingerprint density at radius 2 is 1.78 bits per heavy atom. The Morgan fingerprint density at radius 3 is 2.39 bits per heavy atom. The highest BCUT2D eigenvalue weighted by Gasteiger charge is 2.26. The minimum Gasteiger partial charge on any atom is -0.352 e. The van der Waals surface area contributed by atoms with Crippen LogP contribution in [0, 0.1) is 6.92 Å². The second-order valence-corrected chi connectivity index (χ2v) is 6.91. The molecule has 0 N–H and O–H groups in total. The molecule has 5 nitrogen and oxygen atoms in total. The maximum atomic E-state index is 12.2. The van der Waals surface area contributed by atoms with Crippen LogP contribution >= 0.6 is 15.9 Å². The molecule has 1 aliphatic rings. The molecule has 0 saturated carbocycles. The summed E-state index contributed by atoms with van der Waals surface area (Å²) < 4.78 is 0. The predicted octanol–water partition coefficient (Wildman–Crippen LogP) is 2.76. The summed E-state index contributed by atoms with van der Waals surface area (Å²) in [5.41, 5.74) is 2.78. The van der Waals surface area contributed by atoms with Crippen molar-refractivity contribution in [1.82, 2.24) is 14.9 Å². The highest BCUT2D eigenvalue weighted by Crippen LogP contribution is 2.22. The molecule has 6 heteroatoms. The lowest BCUT2D eigenvalue weighted by atomic mass is 10.2. The average Bonchev–Trinajstić information content (AvgIpc) is 2.60. The first kappa shape index (κ1) is 16.2. The Bertz CT molecular complexity index is 713. The number of carbonyl (C=O) groups is 1. The van der Waals surface area contributed by atoms with Crippen molar-refractivity contribution < 1.29 is 4.79 Å². The fourth-order valence-electron chi connectivity index (χ4n) is 2.89. The zero-order valence-electron chi connectivity index (χ0n) is 13.5. The molecule has 1 amide bonds. The molecule has 0 aliphatic carbocycles. The van der Waals surface area contributed by atoms with Gasteiger partial charge in [-0.15, -0.1) is 0 Å². The SMILES string of the molecule is CCC(Br)C(=O)N1CCN(c2nc3ccccc3nc2C)CC1. The highest BCUT2D eigenvalue weighted by atomic mass is 79.9. The van der Waals surface area contributed by atoms with Gasteiger partial charge in [-0.25, -0.2) is 9.97 Å². The fourth-order valence-corrected chi connectivity index (χ4v) is 3.18. The number of fused-ring (bicyclic) bond motifs is 1. The van der Waals surface area contributed by atoms with Crippen molar-refractivity contribution in [2.45, 2.75) is 25.1 Å². The maximum absolute atomic E-state index is 12.2. The van der Waals surface area contributed by atoms with Crippen molar-refractivity contribution in [3.05, 3.63) is 30.0 Å². The van der Waals surface area contributed by atoms with E-state index in [0.29, 0.717) is 0 Å². The molecule has 1 unspecified atom stereocenters. The van der Waals surface area contributed by atoms with Gasteiger partial charge >= 0.3 is 0 Å². The second-order valence-electron chi connectivity index (χ2n) is 5.81. The zero-order valence-corrected chi connectivity index (χ0v) is 15.1. The molecule has 1 fully saturated rings. The number of benzene rings is 1. The second kappa shape index (κ2) is 6.83. The van der Waals surface area contributed by atoms with Crippen LogP contribution in [0.5, 0.6) is 0 Å². The number of piperazine rings is 1. The first-order valence-electron chi connectivity index (χ1n) is 8.01. The number of para-hydroxylation sites is 2. The van der Waals surface area contributed by atoms with Crippen LogP contribution in [-0.2, 0) is 4.79 Å². The lowest BCUT2D eigenvalue weighted by Gasteiger charge is -2.36. The van der Waals surface area contributed by atoms with Gasteiger partial charge in [0.2, 0.25) is 5.91 Å². The molecule has 0 radical (unpaired) electrons. The Labute approximate surface area is 144 Å². The molecule has 2 heterocycles. The van der Waals surface area contributed by atoms with Crippen LogP contribution in [0.15, 0.2) is 24.3 Å². The summed E-state index contributed by atoms with van der Waals surface area (Å²) in [4.78, 5) is 25.8. The third-order valence-electron chi connectivity index (χ3n) is 4.24. The summed E-state index contributed by atoms with van der Waals surface area (Å²) >= 11 is 3.45. The van der Waals surface area contributed by atoms with E-state index in [-0.39, 0.29) is 10.7 Å². The standard InChI is InChI=1S/C17H21BrN4O/c1-3-13(18)17(23)22-10-8-21(9-11-22)16-12(2)19-14-6-4-5-7-15(14)20-16/h4-7,13H,3,8-11H2,1-2H3. The maximum Gasteiger partial charge on any atom is 0.236 e. The predicted molar refractivity (Wildman–Crippen MR) is 96.1 cm³/mol. The van der Waals surface area contributed by atoms with E-state index in [9.17, 15) is 4.79 Å². The molecule has 1 saturated heterocycles. The number of hydrogen-bond donors (Lipinski definition) is 0. The van der Waals surface area contributed by atoms with Gasteiger partial charge in [-0.05, 0) is 25.5 Å². The van der Waals surface area contributed by atoms with Gasteiger partial charge in [-0.1, -0.05) is 35.0 Å². The van der Waals surface area contributed by atoms with E-state index in [1.807, 2.05) is 43.0 Å². The van der Waals surface area contributed by atoms with Crippen molar-refractivity contribution in [3.8, 4) is 0 Å². The summed E-state index contributed by atoms with van der Waals surface area (Å²) in [6.07, 6.45) is 0.814. The third-order valence-corrected chi connectivity index (χ3v) is 5.28. The molecular formula is C17H21BrN4O. The molecule has 1 atom stereocenters. The summed E-state index contributed by atoms with van der Waals surface area (Å²) in [5, 5.41) is 0. The Morgan fingerprint density at radius 1 is 1.17 bits per heavy atom. The smallest absolute Gasteiger partial charge is 0.236 e. The van der Waals surface area contributed by atoms with Crippen LogP contribution in [-0.4, -0.2) is 51.8 Å². The van der Waals surface area contributed by atoms with E-state index in [1.54, 1.807) is 0 Å². The Kier molecular flexibility index (Phi) is 4.80. The molecule has 122 valence electrons. The zero-order chi connectivity index (χ0) is 16.4. The number of amides is 1. The number of carbonyl (C=O) groups excluding carboxylic acids is 1. The Balaban J connectivity index is 1.75. The van der Waals surface area contributed by atoms with Gasteiger partial charge in [0, 0.05) is 26.2 Å². The molecule has 1 aromatic carbocycles. The number of alkyl halides is 1.